The van der Waals surface area contributed by atoms with Crippen molar-refractivity contribution in [3.8, 4) is 0 Å². The Morgan fingerprint density at radius 2 is 1.41 bits per heavy atom. The maximum Gasteiger partial charge on any atom is 0.240 e. The summed E-state index contributed by atoms with van der Waals surface area (Å²) in [5.41, 5.74) is 12.7. The van der Waals surface area contributed by atoms with Crippen LogP contribution in [0.5, 0.6) is 0 Å². The molecular formula is C19H24N6O3S. The van der Waals surface area contributed by atoms with E-state index in [1.807, 2.05) is 0 Å². The molecule has 1 amide bonds. The quantitative estimate of drug-likeness (QED) is 0.189. The third-order valence-electron chi connectivity index (χ3n) is 4.10. The average Bonchev–Trinajstić information content (AvgIpc) is 2.70. The highest BCUT2D eigenvalue weighted by Crippen LogP contribution is 2.10. The number of amidine groups is 2. The molecule has 0 aliphatic rings. The molecule has 0 saturated carbocycles. The normalized spacial score (nSPS) is 11.0. The van der Waals surface area contributed by atoms with Crippen molar-refractivity contribution in [3.05, 3.63) is 65.2 Å². The van der Waals surface area contributed by atoms with Gasteiger partial charge in [0, 0.05) is 30.6 Å². The number of amides is 1. The minimum Gasteiger partial charge on any atom is -0.384 e. The second-order valence-corrected chi connectivity index (χ2v) is 8.09. The third kappa shape index (κ3) is 6.70. The zero-order valence-electron chi connectivity index (χ0n) is 15.7. The fourth-order valence-corrected chi connectivity index (χ4v) is 3.52. The highest BCUT2D eigenvalue weighted by molar-refractivity contribution is 7.89. The number of benzene rings is 2. The van der Waals surface area contributed by atoms with E-state index in [0.29, 0.717) is 24.1 Å². The predicted octanol–water partition coefficient (Wildman–Crippen LogP) is 0.630. The van der Waals surface area contributed by atoms with Crippen molar-refractivity contribution in [2.45, 2.75) is 24.3 Å². The van der Waals surface area contributed by atoms with Gasteiger partial charge < -0.3 is 16.8 Å². The van der Waals surface area contributed by atoms with Crippen LogP contribution in [-0.2, 0) is 21.4 Å². The summed E-state index contributed by atoms with van der Waals surface area (Å²) in [5, 5.41) is 17.4. The molecule has 2 rings (SSSR count). The van der Waals surface area contributed by atoms with Crippen molar-refractivity contribution < 1.29 is 13.2 Å². The molecule has 10 heteroatoms. The Labute approximate surface area is 169 Å². The van der Waals surface area contributed by atoms with E-state index in [0.717, 1.165) is 5.56 Å². The second kappa shape index (κ2) is 9.80. The van der Waals surface area contributed by atoms with Gasteiger partial charge in [-0.15, -0.1) is 0 Å². The van der Waals surface area contributed by atoms with Crippen LogP contribution in [0, 0.1) is 10.8 Å². The molecule has 9 nitrogen and oxygen atoms in total. The zero-order valence-corrected chi connectivity index (χ0v) is 16.6. The van der Waals surface area contributed by atoms with Gasteiger partial charge in [0.05, 0.1) is 4.90 Å². The first-order chi connectivity index (χ1) is 13.7. The Bertz CT molecular complexity index is 986. The smallest absolute Gasteiger partial charge is 0.240 e. The Hall–Kier alpha value is -3.24. The standard InChI is InChI=1S/C19H24N6O3S/c20-18(21)14-5-3-13(4-6-14)12-24-17(26)2-1-11-25-29(27,28)16-9-7-15(8-10-16)19(22)23/h3-10,25H,1-2,11-12H2,(H3,20,21)(H3,22,23)(H,24,26). The molecule has 0 heterocycles. The lowest BCUT2D eigenvalue weighted by Crippen LogP contribution is -2.27. The van der Waals surface area contributed by atoms with E-state index in [9.17, 15) is 13.2 Å². The lowest BCUT2D eigenvalue weighted by molar-refractivity contribution is -0.121. The summed E-state index contributed by atoms with van der Waals surface area (Å²) in [5.74, 6) is -0.341. The van der Waals surface area contributed by atoms with Crippen LogP contribution in [0.15, 0.2) is 53.4 Å². The predicted molar refractivity (Wildman–Crippen MR) is 111 cm³/mol. The average molecular weight is 417 g/mol. The van der Waals surface area contributed by atoms with Crippen molar-refractivity contribution in [1.82, 2.24) is 10.0 Å². The molecular weight excluding hydrogens is 392 g/mol. The molecule has 0 radical (unpaired) electrons. The van der Waals surface area contributed by atoms with Crippen LogP contribution in [0.1, 0.15) is 29.5 Å². The molecule has 0 saturated heterocycles. The summed E-state index contributed by atoms with van der Waals surface area (Å²) in [6.45, 7) is 0.461. The molecule has 0 fully saturated rings. The first-order valence-electron chi connectivity index (χ1n) is 8.83. The van der Waals surface area contributed by atoms with Gasteiger partial charge in [-0.2, -0.15) is 0 Å². The summed E-state index contributed by atoms with van der Waals surface area (Å²) in [6.07, 6.45) is 0.525. The van der Waals surface area contributed by atoms with E-state index < -0.39 is 10.0 Å². The minimum absolute atomic E-state index is 0.0159. The Morgan fingerprint density at radius 1 is 0.897 bits per heavy atom. The molecule has 2 aromatic rings. The van der Waals surface area contributed by atoms with Gasteiger partial charge in [-0.25, -0.2) is 13.1 Å². The van der Waals surface area contributed by atoms with Gasteiger partial charge in [0.1, 0.15) is 11.7 Å². The molecule has 0 atom stereocenters. The summed E-state index contributed by atoms with van der Waals surface area (Å²) in [4.78, 5) is 12.0. The molecule has 0 unspecified atom stereocenters. The largest absolute Gasteiger partial charge is 0.384 e. The SMILES string of the molecule is N=C(N)c1ccc(CNC(=O)CCCNS(=O)(=O)c2ccc(C(=N)N)cc2)cc1. The number of carbonyl (C=O) groups is 1. The first-order valence-corrected chi connectivity index (χ1v) is 10.3. The number of sulfonamides is 1. The lowest BCUT2D eigenvalue weighted by atomic mass is 10.1. The number of rotatable bonds is 10. The van der Waals surface area contributed by atoms with Crippen LogP contribution in [-0.4, -0.2) is 32.5 Å². The molecule has 0 aromatic heterocycles. The number of nitrogen functional groups attached to an aromatic ring is 2. The summed E-state index contributed by atoms with van der Waals surface area (Å²) < 4.78 is 26.9. The Morgan fingerprint density at radius 3 is 1.93 bits per heavy atom. The topological polar surface area (TPSA) is 175 Å². The van der Waals surface area contributed by atoms with Gasteiger partial charge in [-0.1, -0.05) is 24.3 Å². The number of nitrogens with one attached hydrogen (secondary N) is 4. The van der Waals surface area contributed by atoms with Crippen molar-refractivity contribution in [1.29, 1.82) is 10.8 Å². The number of hydrogen-bond acceptors (Lipinski definition) is 5. The van der Waals surface area contributed by atoms with Crippen LogP contribution in [0.4, 0.5) is 0 Å². The molecule has 2 aromatic carbocycles. The van der Waals surface area contributed by atoms with Crippen molar-refractivity contribution in [2.24, 2.45) is 11.5 Å². The molecule has 8 N–H and O–H groups in total. The van der Waals surface area contributed by atoms with Crippen molar-refractivity contribution >= 4 is 27.6 Å². The third-order valence-corrected chi connectivity index (χ3v) is 5.58. The maximum atomic E-state index is 12.2. The number of carbonyl (C=O) groups excluding carboxylic acids is 1. The van der Waals surface area contributed by atoms with E-state index in [4.69, 9.17) is 22.3 Å². The Balaban J connectivity index is 1.74. The highest BCUT2D eigenvalue weighted by atomic mass is 32.2. The second-order valence-electron chi connectivity index (χ2n) is 6.33. The minimum atomic E-state index is -3.69. The summed E-state index contributed by atoms with van der Waals surface area (Å²) >= 11 is 0. The summed E-state index contributed by atoms with van der Waals surface area (Å²) in [7, 11) is -3.69. The van der Waals surface area contributed by atoms with Crippen LogP contribution in [0.2, 0.25) is 0 Å². The van der Waals surface area contributed by atoms with E-state index in [2.05, 4.69) is 10.0 Å². The van der Waals surface area contributed by atoms with Gasteiger partial charge >= 0.3 is 0 Å². The molecule has 0 aliphatic heterocycles. The first kappa shape index (κ1) is 22.1. The van der Waals surface area contributed by atoms with E-state index in [1.165, 1.54) is 24.3 Å². The molecule has 0 aliphatic carbocycles. The van der Waals surface area contributed by atoms with Crippen molar-refractivity contribution in [3.63, 3.8) is 0 Å². The van der Waals surface area contributed by atoms with Gasteiger partial charge in [-0.3, -0.25) is 15.6 Å². The lowest BCUT2D eigenvalue weighted by Gasteiger charge is -2.08. The number of hydrogen-bond donors (Lipinski definition) is 6. The fraction of sp³-hybridized carbons (Fsp3) is 0.211. The van der Waals surface area contributed by atoms with Crippen LogP contribution in [0.3, 0.4) is 0 Å². The molecule has 29 heavy (non-hydrogen) atoms. The number of nitrogens with two attached hydrogens (primary N) is 2. The summed E-state index contributed by atoms with van der Waals surface area (Å²) in [6, 6.07) is 12.7. The van der Waals surface area contributed by atoms with Crippen LogP contribution in [0.25, 0.3) is 0 Å². The van der Waals surface area contributed by atoms with E-state index >= 15 is 0 Å². The molecule has 0 spiro atoms. The monoisotopic (exact) mass is 416 g/mol. The molecule has 154 valence electrons. The van der Waals surface area contributed by atoms with Crippen molar-refractivity contribution in [2.75, 3.05) is 6.54 Å². The fourth-order valence-electron chi connectivity index (χ4n) is 2.44. The Kier molecular flexibility index (Phi) is 7.46. The van der Waals surface area contributed by atoms with Gasteiger partial charge in [0.15, 0.2) is 0 Å². The highest BCUT2D eigenvalue weighted by Gasteiger charge is 2.13. The van der Waals surface area contributed by atoms with Crippen LogP contribution >= 0.6 is 0 Å². The van der Waals surface area contributed by atoms with Crippen LogP contribution < -0.4 is 21.5 Å². The van der Waals surface area contributed by atoms with Gasteiger partial charge in [-0.05, 0) is 36.2 Å². The van der Waals surface area contributed by atoms with Gasteiger partial charge in [0.25, 0.3) is 0 Å². The molecule has 0 bridgehead atoms. The van der Waals surface area contributed by atoms with E-state index in [1.54, 1.807) is 24.3 Å². The van der Waals surface area contributed by atoms with Gasteiger partial charge in [0.2, 0.25) is 15.9 Å². The van der Waals surface area contributed by atoms with E-state index in [-0.39, 0.29) is 35.4 Å². The maximum absolute atomic E-state index is 12.2. The zero-order chi connectivity index (χ0) is 21.4.